The normalized spacial score (nSPS) is 25.4. The predicted molar refractivity (Wildman–Crippen MR) is 138 cm³/mol. The molecule has 0 saturated heterocycles. The van der Waals surface area contributed by atoms with Crippen LogP contribution in [0.25, 0.3) is 10.4 Å². The van der Waals surface area contributed by atoms with Gasteiger partial charge in [0.1, 0.15) is 11.0 Å². The third-order valence-corrected chi connectivity index (χ3v) is 9.60. The lowest BCUT2D eigenvalue weighted by molar-refractivity contribution is 0.0560. The fraction of sp³-hybridized carbons (Fsp3) is 0.600. The van der Waals surface area contributed by atoms with Crippen LogP contribution in [0.4, 0.5) is 10.5 Å². The van der Waals surface area contributed by atoms with E-state index >= 15 is 0 Å². The van der Waals surface area contributed by atoms with Crippen LogP contribution in [-0.4, -0.2) is 32.5 Å². The fourth-order valence-electron chi connectivity index (χ4n) is 5.03. The number of fused-ring (bicyclic) bond motifs is 3. The predicted octanol–water partition coefficient (Wildman–Crippen LogP) is 5.28. The Balaban J connectivity index is 1.54. The number of hydrogen-bond acceptors (Lipinski definition) is 6. The Morgan fingerprint density at radius 3 is 2.41 bits per heavy atom. The van der Waals surface area contributed by atoms with Crippen LogP contribution in [0.3, 0.4) is 0 Å². The lowest BCUT2D eigenvalue weighted by atomic mass is 9.57. The highest BCUT2D eigenvalue weighted by atomic mass is 32.2. The van der Waals surface area contributed by atoms with Crippen LogP contribution in [0.15, 0.2) is 29.3 Å². The van der Waals surface area contributed by atoms with E-state index in [0.717, 1.165) is 54.0 Å². The number of hydrogen-bond donors (Lipinski definition) is 3. The van der Waals surface area contributed by atoms with Crippen molar-refractivity contribution < 1.29 is 13.7 Å². The first-order chi connectivity index (χ1) is 15.9. The van der Waals surface area contributed by atoms with Crippen molar-refractivity contribution in [2.45, 2.75) is 101 Å². The first-order valence-electron chi connectivity index (χ1n) is 12.0. The topological polar surface area (TPSA) is 106 Å². The molecule has 4 N–H and O–H groups in total. The monoisotopic (exact) mass is 504 g/mol. The van der Waals surface area contributed by atoms with Gasteiger partial charge >= 0.3 is 6.09 Å². The summed E-state index contributed by atoms with van der Waals surface area (Å²) in [4.78, 5) is 18.8. The Morgan fingerprint density at radius 1 is 1.18 bits per heavy atom. The third kappa shape index (κ3) is 5.31. The largest absolute Gasteiger partial charge is 0.447 e. The van der Waals surface area contributed by atoms with Gasteiger partial charge in [-0.2, -0.15) is 0 Å². The maximum absolute atomic E-state index is 13.1. The molecule has 5 rings (SSSR count). The van der Waals surface area contributed by atoms with Gasteiger partial charge in [-0.05, 0) is 85.3 Å². The van der Waals surface area contributed by atoms with Gasteiger partial charge in [0.2, 0.25) is 0 Å². The number of nitrogen functional groups attached to an aromatic ring is 1. The Kier molecular flexibility index (Phi) is 6.83. The highest BCUT2D eigenvalue weighted by Crippen LogP contribution is 2.55. The molecular formula is C25H36N4O3S2. The van der Waals surface area contributed by atoms with Gasteiger partial charge in [-0.3, -0.25) is 0 Å². The molecule has 1 unspecified atom stereocenters. The molecule has 186 valence electrons. The van der Waals surface area contributed by atoms with Crippen LogP contribution in [0, 0.1) is 0 Å². The smallest absolute Gasteiger partial charge is 0.407 e. The summed E-state index contributed by atoms with van der Waals surface area (Å²) in [5.41, 5.74) is 7.12. The molecule has 0 aliphatic heterocycles. The maximum atomic E-state index is 13.1. The fourth-order valence-corrected chi connectivity index (χ4v) is 7.61. The zero-order valence-electron chi connectivity index (χ0n) is 20.7. The SMILES string of the molecule is CC(C)OC(=O)NC12CCC(c3ncc(-c4ccc(N)cc4S(=O)NC(C)(C)C)s3)(CC1)CC2. The highest BCUT2D eigenvalue weighted by Gasteiger charge is 2.51. The van der Waals surface area contributed by atoms with E-state index in [-0.39, 0.29) is 28.7 Å². The molecule has 0 radical (unpaired) electrons. The zero-order valence-corrected chi connectivity index (χ0v) is 22.3. The molecule has 1 amide bonds. The first-order valence-corrected chi connectivity index (χ1v) is 13.9. The standard InChI is InChI=1S/C25H36N4O3S2/c1-16(2)32-22(30)28-25-11-8-24(9-12-25,10-13-25)21-27-15-19(33-21)18-7-6-17(26)14-20(18)34(31)29-23(3,4)5/h6-7,14-16,29H,8-13,26H2,1-5H3,(H,28,30). The van der Waals surface area contributed by atoms with E-state index in [1.54, 1.807) is 17.4 Å². The Bertz CT molecular complexity index is 1070. The molecule has 2 aromatic rings. The van der Waals surface area contributed by atoms with Crippen molar-refractivity contribution in [1.29, 1.82) is 0 Å². The van der Waals surface area contributed by atoms with Crippen molar-refractivity contribution >= 4 is 34.1 Å². The van der Waals surface area contributed by atoms with Crippen LogP contribution < -0.4 is 15.8 Å². The second-order valence-corrected chi connectivity index (χ2v) is 13.3. The Morgan fingerprint density at radius 2 is 1.82 bits per heavy atom. The summed E-state index contributed by atoms with van der Waals surface area (Å²) < 4.78 is 21.6. The molecule has 2 bridgehead atoms. The number of benzene rings is 1. The van der Waals surface area contributed by atoms with E-state index in [9.17, 15) is 9.00 Å². The van der Waals surface area contributed by atoms with Gasteiger partial charge in [0.05, 0.1) is 20.9 Å². The van der Waals surface area contributed by atoms with Gasteiger partial charge in [-0.1, -0.05) is 6.07 Å². The number of amides is 1. The molecule has 1 aromatic heterocycles. The molecular weight excluding hydrogens is 468 g/mol. The minimum absolute atomic E-state index is 0.0467. The van der Waals surface area contributed by atoms with Gasteiger partial charge in [0, 0.05) is 33.9 Å². The molecule has 1 aromatic carbocycles. The highest BCUT2D eigenvalue weighted by molar-refractivity contribution is 7.83. The van der Waals surface area contributed by atoms with E-state index in [2.05, 4.69) is 10.0 Å². The third-order valence-electron chi connectivity index (χ3n) is 6.79. The second-order valence-electron chi connectivity index (χ2n) is 11.0. The summed E-state index contributed by atoms with van der Waals surface area (Å²) in [5, 5.41) is 4.30. The molecule has 3 saturated carbocycles. The molecule has 1 atom stereocenters. The van der Waals surface area contributed by atoms with Crippen LogP contribution in [0.1, 0.15) is 78.2 Å². The lowest BCUT2D eigenvalue weighted by Crippen LogP contribution is -2.58. The number of nitrogens with two attached hydrogens (primary N) is 1. The van der Waals surface area contributed by atoms with Crippen molar-refractivity contribution in [3.8, 4) is 10.4 Å². The molecule has 9 heteroatoms. The Hall–Kier alpha value is -1.97. The molecule has 34 heavy (non-hydrogen) atoms. The number of carbonyl (C=O) groups is 1. The number of thiazole rings is 1. The summed E-state index contributed by atoms with van der Waals surface area (Å²) in [6.07, 6.45) is 7.25. The van der Waals surface area contributed by atoms with Crippen molar-refractivity contribution in [1.82, 2.24) is 15.0 Å². The van der Waals surface area contributed by atoms with Crippen LogP contribution in [-0.2, 0) is 21.1 Å². The summed E-state index contributed by atoms with van der Waals surface area (Å²) in [7, 11) is -1.39. The number of rotatable bonds is 6. The van der Waals surface area contributed by atoms with Crippen molar-refractivity contribution in [3.63, 3.8) is 0 Å². The van der Waals surface area contributed by atoms with E-state index in [4.69, 9.17) is 15.5 Å². The molecule has 0 spiro atoms. The van der Waals surface area contributed by atoms with E-state index < -0.39 is 11.0 Å². The number of anilines is 1. The van der Waals surface area contributed by atoms with Crippen LogP contribution in [0.5, 0.6) is 0 Å². The minimum Gasteiger partial charge on any atom is -0.447 e. The number of nitrogens with zero attached hydrogens (tertiary/aromatic N) is 1. The number of alkyl carbamates (subject to hydrolysis) is 1. The average Bonchev–Trinajstić information content (AvgIpc) is 3.24. The number of aromatic nitrogens is 1. The quantitative estimate of drug-likeness (QED) is 0.464. The Labute approximate surface area is 208 Å². The van der Waals surface area contributed by atoms with Crippen molar-refractivity contribution in [2.75, 3.05) is 5.73 Å². The summed E-state index contributed by atoms with van der Waals surface area (Å²) >= 11 is 1.69. The summed E-state index contributed by atoms with van der Waals surface area (Å²) in [5.74, 6) is 0. The first kappa shape index (κ1) is 25.1. The number of ether oxygens (including phenoxy) is 1. The molecule has 3 aliphatic rings. The molecule has 7 nitrogen and oxygen atoms in total. The summed E-state index contributed by atoms with van der Waals surface area (Å²) in [6, 6.07) is 5.58. The van der Waals surface area contributed by atoms with Gasteiger partial charge in [0.25, 0.3) is 0 Å². The number of nitrogens with one attached hydrogen (secondary N) is 2. The molecule has 1 heterocycles. The van der Waals surface area contributed by atoms with E-state index in [0.29, 0.717) is 10.6 Å². The average molecular weight is 505 g/mol. The van der Waals surface area contributed by atoms with Crippen LogP contribution >= 0.6 is 11.3 Å². The van der Waals surface area contributed by atoms with Crippen LogP contribution in [0.2, 0.25) is 0 Å². The van der Waals surface area contributed by atoms with Gasteiger partial charge in [-0.25, -0.2) is 18.7 Å². The van der Waals surface area contributed by atoms with E-state index in [1.807, 2.05) is 52.9 Å². The van der Waals surface area contributed by atoms with Crippen molar-refractivity contribution in [3.05, 3.63) is 29.4 Å². The zero-order chi connectivity index (χ0) is 24.7. The molecule has 3 fully saturated rings. The molecule has 3 aliphatic carbocycles. The summed E-state index contributed by atoms with van der Waals surface area (Å²) in [6.45, 7) is 9.70. The lowest BCUT2D eigenvalue weighted by Gasteiger charge is -2.52. The minimum atomic E-state index is -1.39. The van der Waals surface area contributed by atoms with Gasteiger partial charge < -0.3 is 15.8 Å². The maximum Gasteiger partial charge on any atom is 0.407 e. The number of carbonyl (C=O) groups excluding carboxylic acids is 1. The van der Waals surface area contributed by atoms with Crippen molar-refractivity contribution in [2.24, 2.45) is 0 Å². The van der Waals surface area contributed by atoms with Gasteiger partial charge in [-0.15, -0.1) is 11.3 Å². The van der Waals surface area contributed by atoms with E-state index in [1.165, 1.54) is 0 Å². The second kappa shape index (κ2) is 9.24. The van der Waals surface area contributed by atoms with Gasteiger partial charge in [0.15, 0.2) is 0 Å².